The van der Waals surface area contributed by atoms with E-state index in [1.807, 2.05) is 4.90 Å². The van der Waals surface area contributed by atoms with Crippen molar-refractivity contribution in [3.8, 4) is 0 Å². The van der Waals surface area contributed by atoms with Crippen molar-refractivity contribution < 1.29 is 74.2 Å². The summed E-state index contributed by atoms with van der Waals surface area (Å²) in [5.74, 6) is 0.220. The average molecular weight is 1860 g/mol. The Hall–Kier alpha value is -2.07. The van der Waals surface area contributed by atoms with E-state index in [0.29, 0.717) is 78.0 Å². The number of carbonyl (C=O) groups excluding carboxylic acids is 3. The van der Waals surface area contributed by atoms with E-state index in [0.717, 1.165) is 116 Å². The Morgan fingerprint density at radius 2 is 0.538 bits per heavy atom. The molecule has 6 unspecified atom stereocenters. The Morgan fingerprint density at radius 1 is 0.269 bits per heavy atom. The lowest BCUT2D eigenvalue weighted by Crippen LogP contribution is -2.40. The van der Waals surface area contributed by atoms with Gasteiger partial charge < -0.3 is 74.9 Å². The summed E-state index contributed by atoms with van der Waals surface area (Å²) in [4.78, 5) is 41.5. The maximum absolute atomic E-state index is 13.3. The molecule has 0 radical (unpaired) electrons. The maximum Gasteiger partial charge on any atom is 0.222 e. The molecule has 0 aliphatic heterocycles. The molecule has 0 rings (SSSR count). The molecule has 9 N–H and O–H groups in total. The summed E-state index contributed by atoms with van der Waals surface area (Å²) in [6, 6.07) is 0. The highest BCUT2D eigenvalue weighted by Crippen LogP contribution is 2.23. The molecule has 18 nitrogen and oxygen atoms in total. The molecule has 0 heterocycles. The summed E-state index contributed by atoms with van der Waals surface area (Å²) in [5, 5.41) is 81.3. The maximum atomic E-state index is 13.3. The SMILES string of the molecule is CCCCCCCCCCCCCCCCOCC(CC(O)CO)CN(CCCOC)C(=O)CCCCCCCCCCCCCCC.CCCCCCCCCCCCCCCCOCC(O)CN(CCO)C(=O)CCCCCCCCCCCCCCC.CCCCCCCCCCCCCCOCC(O)CNC(=O)CCCCCCCC(O)C(O)CCCCCCO. The van der Waals surface area contributed by atoms with Crippen molar-refractivity contribution in [3.05, 3.63) is 0 Å². The van der Waals surface area contributed by atoms with Crippen LogP contribution in [0.25, 0.3) is 0 Å². The summed E-state index contributed by atoms with van der Waals surface area (Å²) < 4.78 is 22.6. The van der Waals surface area contributed by atoms with Gasteiger partial charge in [0.15, 0.2) is 0 Å². The van der Waals surface area contributed by atoms with E-state index >= 15 is 0 Å². The number of ether oxygens (including phenoxy) is 4. The minimum Gasteiger partial charge on any atom is -0.396 e. The molecule has 780 valence electrons. The molecule has 0 fully saturated rings. The summed E-state index contributed by atoms with van der Waals surface area (Å²) in [5.41, 5.74) is 0. The number of nitrogens with one attached hydrogen (secondary N) is 1. The molecular weight excluding hydrogens is 1630 g/mol. The molecular formula is C112H227N3O15. The van der Waals surface area contributed by atoms with Crippen molar-refractivity contribution >= 4 is 17.7 Å². The number of nitrogens with zero attached hydrogens (tertiary/aromatic N) is 2. The Balaban J connectivity index is -0.00000187. The van der Waals surface area contributed by atoms with Gasteiger partial charge in [0.2, 0.25) is 17.7 Å². The van der Waals surface area contributed by atoms with E-state index < -0.39 is 30.5 Å². The lowest BCUT2D eigenvalue weighted by molar-refractivity contribution is -0.134. The highest BCUT2D eigenvalue weighted by Gasteiger charge is 2.23. The molecule has 0 aromatic carbocycles. The van der Waals surface area contributed by atoms with Gasteiger partial charge in [-0.25, -0.2) is 0 Å². The average Bonchev–Trinajstić information content (AvgIpc) is 0.875. The first-order chi connectivity index (χ1) is 63.7. The topological polar surface area (TPSA) is 268 Å². The minimum absolute atomic E-state index is 0.0111. The van der Waals surface area contributed by atoms with Crippen molar-refractivity contribution in [1.82, 2.24) is 15.1 Å². The predicted molar refractivity (Wildman–Crippen MR) is 552 cm³/mol. The number of hydrogen-bond donors (Lipinski definition) is 9. The highest BCUT2D eigenvalue weighted by atomic mass is 16.5. The van der Waals surface area contributed by atoms with Crippen LogP contribution < -0.4 is 5.32 Å². The van der Waals surface area contributed by atoms with E-state index in [9.17, 15) is 50.1 Å². The second kappa shape index (κ2) is 114. The van der Waals surface area contributed by atoms with E-state index in [4.69, 9.17) is 24.1 Å². The summed E-state index contributed by atoms with van der Waals surface area (Å²) >= 11 is 0. The number of methoxy groups -OCH3 is 1. The molecule has 0 aromatic rings. The Bertz CT molecular complexity index is 2140. The third kappa shape index (κ3) is 106. The predicted octanol–water partition coefficient (Wildman–Crippen LogP) is 27.9. The summed E-state index contributed by atoms with van der Waals surface area (Å²) in [6.07, 6.45) is 95.7. The van der Waals surface area contributed by atoms with Crippen LogP contribution >= 0.6 is 0 Å². The largest absolute Gasteiger partial charge is 0.396 e. The standard InChI is InChI=1S/C42H85NO5.C37H75NO4.C33H67NO6/c1-4-6-8-10-12-14-16-18-20-22-24-26-28-30-35-48-39-40(36-41(45)38-44)37-43(33-31-34-47-3)42(46)32-29-27-25-23-21-19-17-15-13-11-9-7-5-2;1-3-5-7-9-11-13-15-17-19-21-23-25-27-29-33-42-35-36(40)34-38(31-32-39)37(41)30-28-26-24-22-20-18-16-14-12-10-8-6-4-2;1-2-3-4-5-6-7-8-9-10-11-17-22-27-40-29-30(36)28-34-33(39)25-20-14-12-13-18-23-31(37)32(38)24-19-15-16-21-26-35/h40-41,44-45H,4-39H2,1-3H3;36,39-40H,3-35H2,1-2H3;30-32,35-38H,2-29H2,1H3,(H,34,39). The second-order valence-electron chi connectivity index (χ2n) is 39.5. The van der Waals surface area contributed by atoms with Gasteiger partial charge in [-0.1, -0.05) is 471 Å². The molecule has 0 saturated heterocycles. The number of amides is 3. The highest BCUT2D eigenvalue weighted by molar-refractivity contribution is 5.76. The second-order valence-corrected chi connectivity index (χ2v) is 39.5. The van der Waals surface area contributed by atoms with Crippen molar-refractivity contribution in [2.45, 2.75) is 592 Å². The summed E-state index contributed by atoms with van der Waals surface area (Å²) in [7, 11) is 1.70. The first-order valence-corrected chi connectivity index (χ1v) is 57.0. The van der Waals surface area contributed by atoms with Gasteiger partial charge in [0, 0.05) is 98.0 Å². The quantitative estimate of drug-likeness (QED) is 0.0256. The van der Waals surface area contributed by atoms with E-state index in [-0.39, 0.29) is 76.3 Å². The van der Waals surface area contributed by atoms with Gasteiger partial charge >= 0.3 is 0 Å². The lowest BCUT2D eigenvalue weighted by atomic mass is 10.00. The van der Waals surface area contributed by atoms with Crippen LogP contribution in [0.4, 0.5) is 0 Å². The Kier molecular flexibility index (Phi) is 116. The zero-order valence-electron chi connectivity index (χ0n) is 87.4. The van der Waals surface area contributed by atoms with Crippen molar-refractivity contribution in [1.29, 1.82) is 0 Å². The first kappa shape index (κ1) is 132. The monoisotopic (exact) mass is 1850 g/mol. The van der Waals surface area contributed by atoms with Crippen LogP contribution in [0, 0.1) is 5.92 Å². The zero-order valence-corrected chi connectivity index (χ0v) is 87.4. The van der Waals surface area contributed by atoms with Crippen LogP contribution in [0.15, 0.2) is 0 Å². The molecule has 3 amide bonds. The van der Waals surface area contributed by atoms with Gasteiger partial charge in [-0.3, -0.25) is 14.4 Å². The van der Waals surface area contributed by atoms with Crippen LogP contribution in [0.5, 0.6) is 0 Å². The van der Waals surface area contributed by atoms with Gasteiger partial charge in [-0.15, -0.1) is 0 Å². The van der Waals surface area contributed by atoms with Crippen molar-refractivity contribution in [2.24, 2.45) is 5.92 Å². The van der Waals surface area contributed by atoms with Crippen LogP contribution in [-0.2, 0) is 33.3 Å². The van der Waals surface area contributed by atoms with Crippen molar-refractivity contribution in [2.75, 3.05) is 106 Å². The fourth-order valence-electron chi connectivity index (χ4n) is 17.6. The van der Waals surface area contributed by atoms with Crippen LogP contribution in [0.2, 0.25) is 0 Å². The fraction of sp³-hybridized carbons (Fsp3) is 0.973. The molecule has 130 heavy (non-hydrogen) atoms. The molecule has 0 aliphatic carbocycles. The van der Waals surface area contributed by atoms with E-state index in [1.165, 1.54) is 379 Å². The van der Waals surface area contributed by atoms with E-state index in [1.54, 1.807) is 12.0 Å². The van der Waals surface area contributed by atoms with Crippen LogP contribution in [0.3, 0.4) is 0 Å². The van der Waals surface area contributed by atoms with Gasteiger partial charge in [0.05, 0.1) is 63.6 Å². The zero-order chi connectivity index (χ0) is 95.5. The van der Waals surface area contributed by atoms with E-state index in [2.05, 4.69) is 39.9 Å². The first-order valence-electron chi connectivity index (χ1n) is 57.0. The van der Waals surface area contributed by atoms with Crippen molar-refractivity contribution in [3.63, 3.8) is 0 Å². The Morgan fingerprint density at radius 3 is 0.838 bits per heavy atom. The molecule has 0 bridgehead atoms. The molecule has 0 aliphatic rings. The molecule has 0 spiro atoms. The normalized spacial score (nSPS) is 12.9. The number of aliphatic hydroxyl groups is 8. The van der Waals surface area contributed by atoms with Gasteiger partial charge in [0.25, 0.3) is 0 Å². The number of unbranched alkanes of at least 4 members (excludes halogenated alkanes) is 68. The van der Waals surface area contributed by atoms with Crippen LogP contribution in [-0.4, -0.2) is 205 Å². The van der Waals surface area contributed by atoms with Gasteiger partial charge in [0.1, 0.15) is 0 Å². The fourth-order valence-corrected chi connectivity index (χ4v) is 17.6. The minimum atomic E-state index is -0.781. The molecule has 18 heteroatoms. The third-order valence-corrected chi connectivity index (χ3v) is 26.3. The number of carbonyl (C=O) groups is 3. The lowest BCUT2D eigenvalue weighted by Gasteiger charge is -2.29. The number of hydrogen-bond acceptors (Lipinski definition) is 15. The smallest absolute Gasteiger partial charge is 0.222 e. The van der Waals surface area contributed by atoms with Crippen LogP contribution in [0.1, 0.15) is 561 Å². The summed E-state index contributed by atoms with van der Waals surface area (Å²) in [6.45, 7) is 17.0. The molecule has 6 atom stereocenters. The molecule has 0 saturated carbocycles. The third-order valence-electron chi connectivity index (χ3n) is 26.3. The number of rotatable bonds is 107. The number of aliphatic hydroxyl groups excluding tert-OH is 8. The van der Waals surface area contributed by atoms with Gasteiger partial charge in [-0.2, -0.15) is 0 Å². The Labute approximate surface area is 806 Å². The molecule has 0 aromatic heterocycles. The van der Waals surface area contributed by atoms with Gasteiger partial charge in [-0.05, 0) is 70.6 Å².